The Hall–Kier alpha value is -0.940. The molecule has 0 spiro atoms. The molecule has 5 nitrogen and oxygen atoms in total. The van der Waals surface area contributed by atoms with Crippen LogP contribution in [0.3, 0.4) is 0 Å². The van der Waals surface area contributed by atoms with Crippen molar-refractivity contribution in [1.29, 1.82) is 0 Å². The molecule has 86 valence electrons. The molecule has 0 bridgehead atoms. The van der Waals surface area contributed by atoms with Gasteiger partial charge in [0.25, 0.3) is 0 Å². The second-order valence-corrected chi connectivity index (χ2v) is 3.42. The molecule has 1 rings (SSSR count). The number of aromatic nitrogens is 2. The number of hydrogen-bond donors (Lipinski definition) is 1. The van der Waals surface area contributed by atoms with Gasteiger partial charge in [0.1, 0.15) is 0 Å². The van der Waals surface area contributed by atoms with Gasteiger partial charge in [0.15, 0.2) is 5.82 Å². The Balaban J connectivity index is 2.33. The van der Waals surface area contributed by atoms with Gasteiger partial charge in [0.2, 0.25) is 5.89 Å². The molecule has 0 aliphatic carbocycles. The average molecular weight is 213 g/mol. The molecule has 0 aromatic carbocycles. The summed E-state index contributed by atoms with van der Waals surface area (Å²) in [4.78, 5) is 4.20. The van der Waals surface area contributed by atoms with E-state index in [1.807, 2.05) is 6.92 Å². The van der Waals surface area contributed by atoms with Crippen LogP contribution in [0.2, 0.25) is 0 Å². The number of nitrogens with zero attached hydrogens (tertiary/aromatic N) is 2. The van der Waals surface area contributed by atoms with E-state index in [9.17, 15) is 0 Å². The van der Waals surface area contributed by atoms with Crippen LogP contribution in [0.5, 0.6) is 0 Å². The van der Waals surface area contributed by atoms with Crippen molar-refractivity contribution in [2.45, 2.75) is 39.2 Å². The lowest BCUT2D eigenvalue weighted by Crippen LogP contribution is -2.10. The molecular weight excluding hydrogens is 194 g/mol. The fourth-order valence-corrected chi connectivity index (χ4v) is 1.11. The largest absolute Gasteiger partial charge is 0.381 e. The maximum absolute atomic E-state index is 5.77. The normalized spacial score (nSPS) is 13.0. The van der Waals surface area contributed by atoms with E-state index in [2.05, 4.69) is 17.1 Å². The quantitative estimate of drug-likeness (QED) is 0.694. The van der Waals surface area contributed by atoms with Crippen LogP contribution in [0.25, 0.3) is 0 Å². The van der Waals surface area contributed by atoms with Crippen LogP contribution in [0, 0.1) is 0 Å². The van der Waals surface area contributed by atoms with E-state index in [-0.39, 0.29) is 6.04 Å². The van der Waals surface area contributed by atoms with Gasteiger partial charge in [-0.05, 0) is 12.8 Å². The molecule has 0 radical (unpaired) electrons. The maximum atomic E-state index is 5.77. The second-order valence-electron chi connectivity index (χ2n) is 3.42. The monoisotopic (exact) mass is 213 g/mol. The van der Waals surface area contributed by atoms with Crippen LogP contribution in [0.1, 0.15) is 44.4 Å². The fourth-order valence-electron chi connectivity index (χ4n) is 1.11. The topological polar surface area (TPSA) is 74.2 Å². The van der Waals surface area contributed by atoms with Crippen LogP contribution in [0.15, 0.2) is 4.52 Å². The molecule has 0 aliphatic heterocycles. The van der Waals surface area contributed by atoms with Crippen molar-refractivity contribution < 1.29 is 9.26 Å². The zero-order valence-electron chi connectivity index (χ0n) is 9.40. The van der Waals surface area contributed by atoms with Crippen molar-refractivity contribution in [2.24, 2.45) is 5.73 Å². The highest BCUT2D eigenvalue weighted by Crippen LogP contribution is 2.09. The van der Waals surface area contributed by atoms with Gasteiger partial charge in [0, 0.05) is 6.61 Å². The molecule has 1 heterocycles. The highest BCUT2D eigenvalue weighted by molar-refractivity contribution is 4.92. The highest BCUT2D eigenvalue weighted by atomic mass is 16.5. The predicted molar refractivity (Wildman–Crippen MR) is 56.3 cm³/mol. The standard InChI is InChI=1S/C10H19N3O2/c1-3-6-14-7-5-9-12-10(13-15-9)8(11)4-2/h8H,3-7,11H2,1-2H3. The summed E-state index contributed by atoms with van der Waals surface area (Å²) in [7, 11) is 0. The maximum Gasteiger partial charge on any atom is 0.229 e. The molecular formula is C10H19N3O2. The Morgan fingerprint density at radius 2 is 2.20 bits per heavy atom. The summed E-state index contributed by atoms with van der Waals surface area (Å²) in [5.41, 5.74) is 5.77. The first kappa shape index (κ1) is 12.1. The third-order valence-electron chi connectivity index (χ3n) is 2.06. The molecule has 0 saturated heterocycles. The van der Waals surface area contributed by atoms with Gasteiger partial charge < -0.3 is 15.0 Å². The molecule has 1 atom stereocenters. The van der Waals surface area contributed by atoms with E-state index in [1.165, 1.54) is 0 Å². The third-order valence-corrected chi connectivity index (χ3v) is 2.06. The van der Waals surface area contributed by atoms with Gasteiger partial charge in [-0.1, -0.05) is 19.0 Å². The Labute approximate surface area is 90.0 Å². The predicted octanol–water partition coefficient (Wildman–Crippen LogP) is 1.45. The molecule has 0 aliphatic rings. The van der Waals surface area contributed by atoms with Gasteiger partial charge >= 0.3 is 0 Å². The minimum Gasteiger partial charge on any atom is -0.381 e. The lowest BCUT2D eigenvalue weighted by molar-refractivity contribution is 0.132. The van der Waals surface area contributed by atoms with Crippen LogP contribution in [0.4, 0.5) is 0 Å². The van der Waals surface area contributed by atoms with E-state index in [4.69, 9.17) is 15.0 Å². The SMILES string of the molecule is CCCOCCc1nc(C(N)CC)no1. The molecule has 1 aromatic rings. The number of nitrogens with two attached hydrogens (primary N) is 1. The Morgan fingerprint density at radius 1 is 1.40 bits per heavy atom. The van der Waals surface area contributed by atoms with Crippen molar-refractivity contribution in [1.82, 2.24) is 10.1 Å². The van der Waals surface area contributed by atoms with Gasteiger partial charge in [-0.3, -0.25) is 0 Å². The van der Waals surface area contributed by atoms with E-state index >= 15 is 0 Å². The van der Waals surface area contributed by atoms with Crippen molar-refractivity contribution in [3.05, 3.63) is 11.7 Å². The minimum absolute atomic E-state index is 0.126. The zero-order chi connectivity index (χ0) is 11.1. The molecule has 1 unspecified atom stereocenters. The first-order chi connectivity index (χ1) is 7.27. The number of rotatable bonds is 7. The van der Waals surface area contributed by atoms with Gasteiger partial charge in [-0.25, -0.2) is 0 Å². The lowest BCUT2D eigenvalue weighted by Gasteiger charge is -1.99. The third kappa shape index (κ3) is 3.97. The Kier molecular flexibility index (Phi) is 5.28. The van der Waals surface area contributed by atoms with E-state index in [0.717, 1.165) is 19.4 Å². The van der Waals surface area contributed by atoms with E-state index < -0.39 is 0 Å². The summed E-state index contributed by atoms with van der Waals surface area (Å²) in [5.74, 6) is 1.19. The molecule has 2 N–H and O–H groups in total. The summed E-state index contributed by atoms with van der Waals surface area (Å²) in [6.07, 6.45) is 2.49. The smallest absolute Gasteiger partial charge is 0.229 e. The second kappa shape index (κ2) is 6.53. The molecule has 5 heteroatoms. The lowest BCUT2D eigenvalue weighted by atomic mass is 10.2. The summed E-state index contributed by atoms with van der Waals surface area (Å²) in [6, 6.07) is -0.126. The van der Waals surface area contributed by atoms with Crippen LogP contribution < -0.4 is 5.73 Å². The summed E-state index contributed by atoms with van der Waals surface area (Å²) >= 11 is 0. The average Bonchev–Trinajstić information content (AvgIpc) is 2.72. The van der Waals surface area contributed by atoms with Crippen LogP contribution >= 0.6 is 0 Å². The van der Waals surface area contributed by atoms with Gasteiger partial charge in [-0.2, -0.15) is 4.98 Å². The van der Waals surface area contributed by atoms with Crippen molar-refractivity contribution in [2.75, 3.05) is 13.2 Å². The Bertz CT molecular complexity index is 275. The molecule has 15 heavy (non-hydrogen) atoms. The van der Waals surface area contributed by atoms with Crippen LogP contribution in [-0.2, 0) is 11.2 Å². The number of ether oxygens (including phenoxy) is 1. The van der Waals surface area contributed by atoms with Crippen molar-refractivity contribution in [3.63, 3.8) is 0 Å². The molecule has 0 amide bonds. The fraction of sp³-hybridized carbons (Fsp3) is 0.800. The first-order valence-electron chi connectivity index (χ1n) is 5.43. The van der Waals surface area contributed by atoms with Gasteiger partial charge in [0.05, 0.1) is 19.1 Å². The summed E-state index contributed by atoms with van der Waals surface area (Å²) in [5, 5.41) is 3.82. The summed E-state index contributed by atoms with van der Waals surface area (Å²) in [6.45, 7) is 5.46. The zero-order valence-corrected chi connectivity index (χ0v) is 9.40. The van der Waals surface area contributed by atoms with Crippen molar-refractivity contribution in [3.8, 4) is 0 Å². The summed E-state index contributed by atoms with van der Waals surface area (Å²) < 4.78 is 10.4. The van der Waals surface area contributed by atoms with Crippen LogP contribution in [-0.4, -0.2) is 23.4 Å². The molecule has 1 aromatic heterocycles. The number of hydrogen-bond acceptors (Lipinski definition) is 5. The first-order valence-corrected chi connectivity index (χ1v) is 5.43. The molecule has 0 saturated carbocycles. The minimum atomic E-state index is -0.126. The molecule has 0 fully saturated rings. The van der Waals surface area contributed by atoms with Gasteiger partial charge in [-0.15, -0.1) is 0 Å². The van der Waals surface area contributed by atoms with E-state index in [1.54, 1.807) is 0 Å². The highest BCUT2D eigenvalue weighted by Gasteiger charge is 2.11. The van der Waals surface area contributed by atoms with Crippen molar-refractivity contribution >= 4 is 0 Å². The van der Waals surface area contributed by atoms with E-state index in [0.29, 0.717) is 24.7 Å². The Morgan fingerprint density at radius 3 is 2.87 bits per heavy atom.